The first-order valence-electron chi connectivity index (χ1n) is 10.8. The maximum absolute atomic E-state index is 13.7. The summed E-state index contributed by atoms with van der Waals surface area (Å²) in [5.74, 6) is 1.06. The van der Waals surface area contributed by atoms with E-state index in [0.29, 0.717) is 17.9 Å². The van der Waals surface area contributed by atoms with Gasteiger partial charge in [0.1, 0.15) is 11.3 Å². The number of amides is 1. The molecular formula is C25H30N2O4. The smallest absolute Gasteiger partial charge is 0.290 e. The van der Waals surface area contributed by atoms with E-state index >= 15 is 0 Å². The lowest BCUT2D eigenvalue weighted by atomic mass is 10.1. The zero-order chi connectivity index (χ0) is 21.8. The lowest BCUT2D eigenvalue weighted by Gasteiger charge is -2.35. The average molecular weight is 423 g/mol. The van der Waals surface area contributed by atoms with Crippen LogP contribution in [0.5, 0.6) is 5.75 Å². The van der Waals surface area contributed by atoms with Crippen LogP contribution in [-0.4, -0.2) is 61.7 Å². The molecule has 1 atom stereocenters. The SMILES string of the molecule is COc1ccc2oc(C(=O)N(Cc3ccccc3)C(C)CN3CCOCC3)c(C)c2c1. The molecule has 4 rings (SSSR count). The Morgan fingerprint density at radius 3 is 2.61 bits per heavy atom. The molecule has 0 spiro atoms. The zero-order valence-electron chi connectivity index (χ0n) is 18.5. The Morgan fingerprint density at radius 1 is 1.16 bits per heavy atom. The van der Waals surface area contributed by atoms with Crippen molar-refractivity contribution in [2.24, 2.45) is 0 Å². The van der Waals surface area contributed by atoms with E-state index in [0.717, 1.165) is 55.1 Å². The number of nitrogens with zero attached hydrogens (tertiary/aromatic N) is 2. The molecule has 6 heteroatoms. The predicted octanol–water partition coefficient (Wildman–Crippen LogP) is 4.11. The number of carbonyl (C=O) groups is 1. The third-order valence-electron chi connectivity index (χ3n) is 5.95. The summed E-state index contributed by atoms with van der Waals surface area (Å²) in [4.78, 5) is 18.0. The quantitative estimate of drug-likeness (QED) is 0.574. The summed E-state index contributed by atoms with van der Waals surface area (Å²) in [5.41, 5.74) is 2.64. The number of carbonyl (C=O) groups excluding carboxylic acids is 1. The fourth-order valence-electron chi connectivity index (χ4n) is 4.13. The van der Waals surface area contributed by atoms with Gasteiger partial charge in [0.05, 0.1) is 20.3 Å². The molecule has 164 valence electrons. The molecular weight excluding hydrogens is 392 g/mol. The largest absolute Gasteiger partial charge is 0.497 e. The molecule has 1 aliphatic heterocycles. The predicted molar refractivity (Wildman–Crippen MR) is 121 cm³/mol. The summed E-state index contributed by atoms with van der Waals surface area (Å²) in [6.07, 6.45) is 0. The number of morpholine rings is 1. The van der Waals surface area contributed by atoms with Gasteiger partial charge in [-0.25, -0.2) is 0 Å². The van der Waals surface area contributed by atoms with Crippen molar-refractivity contribution in [3.63, 3.8) is 0 Å². The maximum atomic E-state index is 13.7. The summed E-state index contributed by atoms with van der Waals surface area (Å²) in [6.45, 7) is 8.64. The Morgan fingerprint density at radius 2 is 1.90 bits per heavy atom. The second-order valence-corrected chi connectivity index (χ2v) is 8.10. The minimum Gasteiger partial charge on any atom is -0.497 e. The van der Waals surface area contributed by atoms with Crippen LogP contribution < -0.4 is 4.74 Å². The molecule has 0 radical (unpaired) electrons. The van der Waals surface area contributed by atoms with Gasteiger partial charge in [-0.1, -0.05) is 30.3 Å². The van der Waals surface area contributed by atoms with E-state index in [4.69, 9.17) is 13.9 Å². The summed E-state index contributed by atoms with van der Waals surface area (Å²) in [5, 5.41) is 0.906. The molecule has 2 aromatic carbocycles. The molecule has 0 bridgehead atoms. The monoisotopic (exact) mass is 422 g/mol. The molecule has 1 aliphatic rings. The van der Waals surface area contributed by atoms with E-state index in [1.165, 1.54) is 0 Å². The first-order chi connectivity index (χ1) is 15.1. The van der Waals surface area contributed by atoms with E-state index in [1.807, 2.05) is 48.2 Å². The second kappa shape index (κ2) is 9.54. The van der Waals surface area contributed by atoms with Crippen molar-refractivity contribution >= 4 is 16.9 Å². The number of fused-ring (bicyclic) bond motifs is 1. The van der Waals surface area contributed by atoms with Gasteiger partial charge in [0.2, 0.25) is 0 Å². The molecule has 0 N–H and O–H groups in total. The van der Waals surface area contributed by atoms with Gasteiger partial charge in [-0.15, -0.1) is 0 Å². The fourth-order valence-corrected chi connectivity index (χ4v) is 4.13. The molecule has 1 fully saturated rings. The van der Waals surface area contributed by atoms with Crippen LogP contribution in [0.25, 0.3) is 11.0 Å². The second-order valence-electron chi connectivity index (χ2n) is 8.10. The number of methoxy groups -OCH3 is 1. The number of benzene rings is 2. The van der Waals surface area contributed by atoms with Crippen LogP contribution in [-0.2, 0) is 11.3 Å². The highest BCUT2D eigenvalue weighted by atomic mass is 16.5. The molecule has 1 amide bonds. The molecule has 3 aromatic rings. The molecule has 0 aliphatic carbocycles. The van der Waals surface area contributed by atoms with Gasteiger partial charge in [-0.05, 0) is 37.6 Å². The van der Waals surface area contributed by atoms with Gasteiger partial charge in [0, 0.05) is 43.2 Å². The van der Waals surface area contributed by atoms with E-state index in [-0.39, 0.29) is 11.9 Å². The summed E-state index contributed by atoms with van der Waals surface area (Å²) in [6, 6.07) is 15.8. The summed E-state index contributed by atoms with van der Waals surface area (Å²) in [7, 11) is 1.64. The molecule has 1 aromatic heterocycles. The number of ether oxygens (including phenoxy) is 2. The highest BCUT2D eigenvalue weighted by molar-refractivity contribution is 5.99. The van der Waals surface area contributed by atoms with Crippen molar-refractivity contribution in [2.45, 2.75) is 26.4 Å². The van der Waals surface area contributed by atoms with Crippen molar-refractivity contribution in [1.82, 2.24) is 9.80 Å². The lowest BCUT2D eigenvalue weighted by molar-refractivity contribution is 0.0222. The molecule has 1 unspecified atom stereocenters. The molecule has 6 nitrogen and oxygen atoms in total. The van der Waals surface area contributed by atoms with Crippen LogP contribution >= 0.6 is 0 Å². The minimum absolute atomic E-state index is 0.0213. The molecule has 31 heavy (non-hydrogen) atoms. The van der Waals surface area contributed by atoms with Crippen LogP contribution in [0.15, 0.2) is 52.9 Å². The van der Waals surface area contributed by atoms with Crippen molar-refractivity contribution in [2.75, 3.05) is 40.0 Å². The standard InChI is InChI=1S/C25H30N2O4/c1-18(16-26-11-13-30-14-12-26)27(17-20-7-5-4-6-8-20)25(28)24-19(2)22-15-21(29-3)9-10-23(22)31-24/h4-10,15,18H,11-14,16-17H2,1-3H3. The van der Waals surface area contributed by atoms with Gasteiger partial charge in [-0.3, -0.25) is 9.69 Å². The zero-order valence-corrected chi connectivity index (χ0v) is 18.5. The van der Waals surface area contributed by atoms with Crippen molar-refractivity contribution in [3.05, 3.63) is 65.4 Å². The van der Waals surface area contributed by atoms with E-state index in [2.05, 4.69) is 24.0 Å². The Labute approximate surface area is 183 Å². The number of rotatable bonds is 7. The highest BCUT2D eigenvalue weighted by Crippen LogP contribution is 2.30. The molecule has 1 saturated heterocycles. The van der Waals surface area contributed by atoms with Gasteiger partial charge >= 0.3 is 0 Å². The number of aryl methyl sites for hydroxylation is 1. The highest BCUT2D eigenvalue weighted by Gasteiger charge is 2.28. The van der Waals surface area contributed by atoms with Gasteiger partial charge in [-0.2, -0.15) is 0 Å². The Bertz CT molecular complexity index is 1020. The van der Waals surface area contributed by atoms with Crippen LogP contribution in [0.2, 0.25) is 0 Å². The van der Waals surface area contributed by atoms with E-state index in [1.54, 1.807) is 7.11 Å². The average Bonchev–Trinajstić information content (AvgIpc) is 3.14. The number of furan rings is 1. The first kappa shape index (κ1) is 21.4. The van der Waals surface area contributed by atoms with Gasteiger partial charge in [0.15, 0.2) is 5.76 Å². The van der Waals surface area contributed by atoms with Crippen molar-refractivity contribution in [3.8, 4) is 5.75 Å². The van der Waals surface area contributed by atoms with E-state index in [9.17, 15) is 4.79 Å². The van der Waals surface area contributed by atoms with Crippen LogP contribution in [0.4, 0.5) is 0 Å². The van der Waals surface area contributed by atoms with Gasteiger partial charge in [0.25, 0.3) is 5.91 Å². The van der Waals surface area contributed by atoms with Crippen molar-refractivity contribution < 1.29 is 18.7 Å². The maximum Gasteiger partial charge on any atom is 0.290 e. The van der Waals surface area contributed by atoms with Crippen LogP contribution in [0.1, 0.15) is 28.6 Å². The van der Waals surface area contributed by atoms with Gasteiger partial charge < -0.3 is 18.8 Å². The Hall–Kier alpha value is -2.83. The summed E-state index contributed by atoms with van der Waals surface area (Å²) >= 11 is 0. The molecule has 2 heterocycles. The Kier molecular flexibility index (Phi) is 6.59. The lowest BCUT2D eigenvalue weighted by Crippen LogP contribution is -2.48. The third kappa shape index (κ3) is 4.75. The minimum atomic E-state index is -0.0859. The third-order valence-corrected chi connectivity index (χ3v) is 5.95. The van der Waals surface area contributed by atoms with Crippen molar-refractivity contribution in [1.29, 1.82) is 0 Å². The number of hydrogen-bond acceptors (Lipinski definition) is 5. The molecule has 0 saturated carbocycles. The topological polar surface area (TPSA) is 55.2 Å². The summed E-state index contributed by atoms with van der Waals surface area (Å²) < 4.78 is 16.9. The fraction of sp³-hybridized carbons (Fsp3) is 0.400. The van der Waals surface area contributed by atoms with Crippen LogP contribution in [0.3, 0.4) is 0 Å². The Balaban J connectivity index is 1.64. The van der Waals surface area contributed by atoms with E-state index < -0.39 is 0 Å². The first-order valence-corrected chi connectivity index (χ1v) is 10.8. The number of hydrogen-bond donors (Lipinski definition) is 0. The normalized spacial score (nSPS) is 15.7. The van der Waals surface area contributed by atoms with Crippen LogP contribution in [0, 0.1) is 6.92 Å².